The van der Waals surface area contributed by atoms with Gasteiger partial charge >= 0.3 is 0 Å². The van der Waals surface area contributed by atoms with Crippen LogP contribution in [0.2, 0.25) is 0 Å². The van der Waals surface area contributed by atoms with Gasteiger partial charge in [-0.1, -0.05) is 84.0 Å². The predicted octanol–water partition coefficient (Wildman–Crippen LogP) is 9.27. The van der Waals surface area contributed by atoms with Crippen LogP contribution in [0.3, 0.4) is 0 Å². The van der Waals surface area contributed by atoms with Gasteiger partial charge in [-0.3, -0.25) is 14.1 Å². The molecule has 0 radical (unpaired) electrons. The van der Waals surface area contributed by atoms with E-state index in [9.17, 15) is 0 Å². The van der Waals surface area contributed by atoms with E-state index in [0.717, 1.165) is 50.0 Å². The molecule has 4 heterocycles. The first-order valence-electron chi connectivity index (χ1n) is 14.0. The van der Waals surface area contributed by atoms with Crippen molar-refractivity contribution in [1.29, 1.82) is 0 Å². The highest BCUT2D eigenvalue weighted by atomic mass is 15.1. The summed E-state index contributed by atoms with van der Waals surface area (Å²) in [5.74, 6) is 0. The van der Waals surface area contributed by atoms with Crippen molar-refractivity contribution in [3.63, 3.8) is 0 Å². The van der Waals surface area contributed by atoms with Gasteiger partial charge in [-0.2, -0.15) is 0 Å². The molecule has 4 aromatic heterocycles. The molecule has 3 aromatic carbocycles. The van der Waals surface area contributed by atoms with Crippen LogP contribution in [-0.4, -0.2) is 19.1 Å². The van der Waals surface area contributed by atoms with Gasteiger partial charge in [-0.25, -0.2) is 4.98 Å². The van der Waals surface area contributed by atoms with Crippen molar-refractivity contribution in [2.45, 2.75) is 52.4 Å². The zero-order valence-electron chi connectivity index (χ0n) is 24.0. The Labute approximate surface area is 234 Å². The number of hydrogen-bond acceptors (Lipinski definition) is 2. The lowest BCUT2D eigenvalue weighted by atomic mass is 9.87. The molecule has 40 heavy (non-hydrogen) atoms. The Bertz CT molecular complexity index is 1900. The number of pyridine rings is 2. The second-order valence-electron chi connectivity index (χ2n) is 12.9. The lowest BCUT2D eigenvalue weighted by Crippen LogP contribution is -2.11. The summed E-state index contributed by atoms with van der Waals surface area (Å²) in [4.78, 5) is 10.3. The van der Waals surface area contributed by atoms with Gasteiger partial charge < -0.3 is 0 Å². The minimum atomic E-state index is 0.0921. The fourth-order valence-electron chi connectivity index (χ4n) is 5.86. The zero-order chi connectivity index (χ0) is 27.8. The summed E-state index contributed by atoms with van der Waals surface area (Å²) < 4.78 is 4.56. The van der Waals surface area contributed by atoms with Crippen molar-refractivity contribution < 1.29 is 0 Å². The molecule has 0 aliphatic carbocycles. The van der Waals surface area contributed by atoms with Crippen LogP contribution < -0.4 is 0 Å². The lowest BCUT2D eigenvalue weighted by molar-refractivity contribution is 0.590. The first-order valence-corrected chi connectivity index (χ1v) is 14.0. The molecule has 7 rings (SSSR count). The van der Waals surface area contributed by atoms with Crippen LogP contribution in [0.25, 0.3) is 55.4 Å². The first kappa shape index (κ1) is 24.6. The van der Waals surface area contributed by atoms with Gasteiger partial charge in [0.25, 0.3) is 0 Å². The molecule has 0 saturated carbocycles. The minimum Gasteiger partial charge on any atom is -0.294 e. The fraction of sp³-hybridized carbons (Fsp3) is 0.222. The van der Waals surface area contributed by atoms with Crippen molar-refractivity contribution in [3.8, 4) is 11.4 Å². The Kier molecular flexibility index (Phi) is 5.24. The third-order valence-corrected chi connectivity index (χ3v) is 8.11. The van der Waals surface area contributed by atoms with Crippen molar-refractivity contribution in [3.05, 3.63) is 108 Å². The molecular weight excluding hydrogens is 488 g/mol. The summed E-state index contributed by atoms with van der Waals surface area (Å²) in [5.41, 5.74) is 10.1. The molecule has 0 amide bonds. The fourth-order valence-corrected chi connectivity index (χ4v) is 5.86. The van der Waals surface area contributed by atoms with Crippen molar-refractivity contribution >= 4 is 44.0 Å². The smallest absolute Gasteiger partial charge is 0.149 e. The van der Waals surface area contributed by atoms with Gasteiger partial charge in [0.2, 0.25) is 0 Å². The molecule has 0 atom stereocenters. The van der Waals surface area contributed by atoms with Crippen molar-refractivity contribution in [1.82, 2.24) is 19.1 Å². The van der Waals surface area contributed by atoms with Crippen LogP contribution in [0.4, 0.5) is 0 Å². The standard InChI is InChI=1S/C36H34N4/c1-35(2,3)23-13-17-25(18-14-23)39-30-11-8-7-10-27(30)28-22-29-32-31(12-9-21-37-32)40(34(29)38-33(28)39)26-19-15-24(16-20-26)36(4,5)6/h7-22H,1-6H3. The SMILES string of the molecule is CC(C)(C)c1ccc(-n2c3ccccc3c3cc4c5ncccc5n(-c5ccc(C(C)(C)C)cc5)c4nc32)cc1. The second-order valence-corrected chi connectivity index (χ2v) is 12.9. The lowest BCUT2D eigenvalue weighted by Gasteiger charge is -2.19. The topological polar surface area (TPSA) is 35.6 Å². The average Bonchev–Trinajstić information content (AvgIpc) is 3.43. The molecule has 0 spiro atoms. The predicted molar refractivity (Wildman–Crippen MR) is 168 cm³/mol. The van der Waals surface area contributed by atoms with E-state index in [2.05, 4.69) is 136 Å². The van der Waals surface area contributed by atoms with Crippen LogP contribution in [0, 0.1) is 0 Å². The number of aromatic nitrogens is 4. The van der Waals surface area contributed by atoms with Crippen LogP contribution in [0.15, 0.2) is 97.2 Å². The molecular formula is C36H34N4. The Morgan fingerprint density at radius 3 is 1.65 bits per heavy atom. The molecule has 0 fully saturated rings. The Hall–Kier alpha value is -4.44. The molecule has 198 valence electrons. The maximum absolute atomic E-state index is 5.43. The van der Waals surface area contributed by atoms with Crippen molar-refractivity contribution in [2.75, 3.05) is 0 Å². The van der Waals surface area contributed by atoms with Crippen LogP contribution in [-0.2, 0) is 10.8 Å². The van der Waals surface area contributed by atoms with E-state index in [4.69, 9.17) is 9.97 Å². The third-order valence-electron chi connectivity index (χ3n) is 8.11. The van der Waals surface area contributed by atoms with Gasteiger partial charge in [-0.05, 0) is 70.5 Å². The van der Waals surface area contributed by atoms with Crippen LogP contribution in [0.1, 0.15) is 52.7 Å². The number of rotatable bonds is 2. The number of nitrogens with zero attached hydrogens (tertiary/aromatic N) is 4. The van der Waals surface area contributed by atoms with Crippen LogP contribution in [0.5, 0.6) is 0 Å². The molecule has 4 heteroatoms. The van der Waals surface area contributed by atoms with Crippen LogP contribution >= 0.6 is 0 Å². The zero-order valence-corrected chi connectivity index (χ0v) is 24.0. The van der Waals surface area contributed by atoms with E-state index in [-0.39, 0.29) is 10.8 Å². The summed E-state index contributed by atoms with van der Waals surface area (Å²) in [6.45, 7) is 13.5. The number of benzene rings is 3. The molecule has 0 unspecified atom stereocenters. The van der Waals surface area contributed by atoms with Gasteiger partial charge in [0.15, 0.2) is 0 Å². The summed E-state index contributed by atoms with van der Waals surface area (Å²) in [5, 5.41) is 3.39. The summed E-state index contributed by atoms with van der Waals surface area (Å²) in [7, 11) is 0. The Morgan fingerprint density at radius 1 is 0.525 bits per heavy atom. The maximum Gasteiger partial charge on any atom is 0.149 e. The van der Waals surface area contributed by atoms with Gasteiger partial charge in [0, 0.05) is 33.7 Å². The van der Waals surface area contributed by atoms with Crippen molar-refractivity contribution in [2.24, 2.45) is 0 Å². The van der Waals surface area contributed by atoms with Gasteiger partial charge in [0.05, 0.1) is 16.6 Å². The van der Waals surface area contributed by atoms with Gasteiger partial charge in [-0.15, -0.1) is 0 Å². The normalized spacial score (nSPS) is 12.8. The number of fused-ring (bicyclic) bond motifs is 6. The molecule has 0 N–H and O–H groups in total. The summed E-state index contributed by atoms with van der Waals surface area (Å²) >= 11 is 0. The summed E-state index contributed by atoms with van der Waals surface area (Å²) in [6.07, 6.45) is 1.87. The number of hydrogen-bond donors (Lipinski definition) is 0. The highest BCUT2D eigenvalue weighted by molar-refractivity contribution is 6.15. The largest absolute Gasteiger partial charge is 0.294 e. The third kappa shape index (κ3) is 3.74. The second kappa shape index (κ2) is 8.53. The van der Waals surface area contributed by atoms with Gasteiger partial charge in [0.1, 0.15) is 11.3 Å². The van der Waals surface area contributed by atoms with E-state index >= 15 is 0 Å². The highest BCUT2D eigenvalue weighted by Crippen LogP contribution is 2.37. The molecule has 0 aliphatic rings. The average molecular weight is 523 g/mol. The summed E-state index contributed by atoms with van der Waals surface area (Å²) in [6, 6.07) is 32.8. The molecule has 7 aromatic rings. The highest BCUT2D eigenvalue weighted by Gasteiger charge is 2.21. The first-order chi connectivity index (χ1) is 19.1. The molecule has 0 saturated heterocycles. The quantitative estimate of drug-likeness (QED) is 0.227. The van der Waals surface area contributed by atoms with E-state index in [1.807, 2.05) is 12.3 Å². The monoisotopic (exact) mass is 522 g/mol. The van der Waals surface area contributed by atoms with E-state index < -0.39 is 0 Å². The molecule has 0 aliphatic heterocycles. The number of para-hydroxylation sites is 1. The minimum absolute atomic E-state index is 0.0921. The van der Waals surface area contributed by atoms with E-state index in [1.165, 1.54) is 16.5 Å². The molecule has 4 nitrogen and oxygen atoms in total. The Balaban J connectivity index is 1.55. The van der Waals surface area contributed by atoms with E-state index in [0.29, 0.717) is 0 Å². The maximum atomic E-state index is 5.43. The Morgan fingerprint density at radius 2 is 1.05 bits per heavy atom. The molecule has 0 bridgehead atoms. The van der Waals surface area contributed by atoms with E-state index in [1.54, 1.807) is 0 Å².